The molecule has 0 spiro atoms. The predicted octanol–water partition coefficient (Wildman–Crippen LogP) is 4.59. The molecule has 5 atom stereocenters. The van der Waals surface area contributed by atoms with Gasteiger partial charge in [-0.3, -0.25) is 14.4 Å². The Morgan fingerprint density at radius 2 is 1.07 bits per heavy atom. The zero-order valence-corrected chi connectivity index (χ0v) is 34.1. The number of esters is 2. The Hall–Kier alpha value is -6.05. The van der Waals surface area contributed by atoms with Gasteiger partial charge in [0.25, 0.3) is 0 Å². The van der Waals surface area contributed by atoms with Crippen LogP contribution < -0.4 is 21.3 Å². The summed E-state index contributed by atoms with van der Waals surface area (Å²) in [6, 6.07) is 32.6. The van der Waals surface area contributed by atoms with Crippen molar-refractivity contribution in [2.24, 2.45) is 0 Å². The van der Waals surface area contributed by atoms with Gasteiger partial charge in [0.2, 0.25) is 11.8 Å². The first-order chi connectivity index (χ1) is 28.3. The molecule has 13 nitrogen and oxygen atoms in total. The second-order valence-corrected chi connectivity index (χ2v) is 15.2. The number of amides is 3. The average Bonchev–Trinajstić information content (AvgIpc) is 3.22. The van der Waals surface area contributed by atoms with E-state index in [1.54, 1.807) is 20.8 Å². The van der Waals surface area contributed by atoms with Crippen LogP contribution in [0, 0.1) is 0 Å². The third-order valence-corrected chi connectivity index (χ3v) is 9.24. The number of benzene rings is 4. The number of hydrogen-bond donors (Lipinski definition) is 5. The second kappa shape index (κ2) is 23.4. The van der Waals surface area contributed by atoms with Crippen molar-refractivity contribution in [1.29, 1.82) is 0 Å². The minimum absolute atomic E-state index is 0.0316. The molecule has 1 unspecified atom stereocenters. The van der Waals surface area contributed by atoms with Crippen LogP contribution in [0.25, 0.3) is 0 Å². The molecule has 0 fully saturated rings. The summed E-state index contributed by atoms with van der Waals surface area (Å²) in [5.41, 5.74) is 2.44. The van der Waals surface area contributed by atoms with E-state index in [-0.39, 0.29) is 45.3 Å². The van der Waals surface area contributed by atoms with Crippen LogP contribution in [0.5, 0.6) is 0 Å². The van der Waals surface area contributed by atoms with Crippen molar-refractivity contribution in [3.8, 4) is 0 Å². The highest BCUT2D eigenvalue weighted by molar-refractivity contribution is 5.92. The Kier molecular flexibility index (Phi) is 18.1. The largest absolute Gasteiger partial charge is 0.467 e. The number of nitrogens with one attached hydrogen (secondary N) is 4. The van der Waals surface area contributed by atoms with E-state index in [1.807, 2.05) is 121 Å². The Morgan fingerprint density at radius 1 is 0.610 bits per heavy atom. The maximum atomic E-state index is 14.3. The van der Waals surface area contributed by atoms with Crippen LogP contribution in [-0.4, -0.2) is 84.5 Å². The molecule has 59 heavy (non-hydrogen) atoms. The summed E-state index contributed by atoms with van der Waals surface area (Å²) >= 11 is 0. The van der Waals surface area contributed by atoms with Gasteiger partial charge in [-0.2, -0.15) is 0 Å². The first kappa shape index (κ1) is 45.6. The summed E-state index contributed by atoms with van der Waals surface area (Å²) in [5, 5.41) is 23.0. The maximum Gasteiger partial charge on any atom is 0.407 e. The number of aliphatic hydroxyl groups is 1. The average molecular weight is 809 g/mol. The van der Waals surface area contributed by atoms with E-state index in [9.17, 15) is 29.1 Å². The summed E-state index contributed by atoms with van der Waals surface area (Å²) in [4.78, 5) is 66.9. The van der Waals surface area contributed by atoms with Gasteiger partial charge >= 0.3 is 18.0 Å². The van der Waals surface area contributed by atoms with Crippen LogP contribution >= 0.6 is 0 Å². The highest BCUT2D eigenvalue weighted by Gasteiger charge is 2.32. The van der Waals surface area contributed by atoms with E-state index < -0.39 is 65.7 Å². The lowest BCUT2D eigenvalue weighted by molar-refractivity contribution is -0.147. The highest BCUT2D eigenvalue weighted by Crippen LogP contribution is 2.13. The lowest BCUT2D eigenvalue weighted by atomic mass is 10.00. The Labute approximate surface area is 346 Å². The van der Waals surface area contributed by atoms with Gasteiger partial charge in [-0.1, -0.05) is 121 Å². The van der Waals surface area contributed by atoms with Gasteiger partial charge in [-0.05, 0) is 62.3 Å². The molecule has 0 saturated carbocycles. The quantitative estimate of drug-likeness (QED) is 0.0590. The van der Waals surface area contributed by atoms with Crippen molar-refractivity contribution in [2.45, 2.75) is 95.4 Å². The third kappa shape index (κ3) is 16.8. The molecular weight excluding hydrogens is 753 g/mol. The van der Waals surface area contributed by atoms with Crippen LogP contribution in [0.1, 0.15) is 55.9 Å². The maximum absolute atomic E-state index is 14.3. The van der Waals surface area contributed by atoms with E-state index in [1.165, 1.54) is 7.11 Å². The van der Waals surface area contributed by atoms with Crippen LogP contribution in [0.2, 0.25) is 0 Å². The lowest BCUT2D eigenvalue weighted by Gasteiger charge is -2.29. The minimum atomic E-state index is -1.28. The van der Waals surface area contributed by atoms with Crippen molar-refractivity contribution in [3.63, 3.8) is 0 Å². The predicted molar refractivity (Wildman–Crippen MR) is 223 cm³/mol. The number of carbonyl (C=O) groups excluding carboxylic acids is 5. The lowest BCUT2D eigenvalue weighted by Crippen LogP contribution is -2.57. The summed E-state index contributed by atoms with van der Waals surface area (Å²) in [7, 11) is 1.22. The Balaban J connectivity index is 1.55. The monoisotopic (exact) mass is 808 g/mol. The molecule has 0 aliphatic rings. The molecule has 0 aliphatic carbocycles. The molecule has 4 aromatic carbocycles. The fourth-order valence-electron chi connectivity index (χ4n) is 6.19. The molecule has 3 amide bonds. The van der Waals surface area contributed by atoms with Gasteiger partial charge in [-0.25, -0.2) is 9.59 Å². The van der Waals surface area contributed by atoms with Crippen LogP contribution in [0.15, 0.2) is 121 Å². The molecule has 5 N–H and O–H groups in total. The molecule has 4 rings (SSSR count). The molecule has 314 valence electrons. The molecular formula is C46H56N4O9. The van der Waals surface area contributed by atoms with Gasteiger partial charge in [-0.15, -0.1) is 0 Å². The number of rotatable bonds is 21. The second-order valence-electron chi connectivity index (χ2n) is 15.2. The Bertz CT molecular complexity index is 1910. The molecule has 0 bridgehead atoms. The van der Waals surface area contributed by atoms with Gasteiger partial charge in [0, 0.05) is 19.4 Å². The number of aliphatic hydroxyl groups excluding tert-OH is 1. The first-order valence-electron chi connectivity index (χ1n) is 19.7. The van der Waals surface area contributed by atoms with E-state index in [0.717, 1.165) is 22.3 Å². The SMILES string of the molecule is COC(=O)[C@H](Cc1ccccc1)NC(=O)[C@H](CCC(=O)OCc1ccccc1)NC(=O)[C@H](Cc1ccccc1)NCC(O)[C@H](Cc1ccccc1)NC(=O)OC(C)(C)C. The number of carbonyl (C=O) groups is 5. The fraction of sp³-hybridized carbons (Fsp3) is 0.370. The Morgan fingerprint density at radius 3 is 1.58 bits per heavy atom. The summed E-state index contributed by atoms with van der Waals surface area (Å²) in [6.45, 7) is 5.11. The summed E-state index contributed by atoms with van der Waals surface area (Å²) < 4.78 is 15.9. The molecule has 0 aliphatic heterocycles. The standard InChI is InChI=1S/C46H56N4O9/c1-46(2,3)59-45(56)50-37(27-32-17-9-5-10-18-32)40(51)30-47-38(28-33-19-11-6-12-20-33)43(54)48-36(25-26-41(52)58-31-35-23-15-8-16-24-35)42(53)49-39(44(55)57-4)29-34-21-13-7-14-22-34/h5-24,36-40,47,51H,25-31H2,1-4H3,(H,48,54)(H,49,53)(H,50,56)/t36-,37-,38-,39-,40?/m0/s1. The summed E-state index contributed by atoms with van der Waals surface area (Å²) in [6.07, 6.45) is -1.71. The van der Waals surface area contributed by atoms with E-state index >= 15 is 0 Å². The number of methoxy groups -OCH3 is 1. The topological polar surface area (TPSA) is 181 Å². The first-order valence-corrected chi connectivity index (χ1v) is 19.7. The molecule has 0 radical (unpaired) electrons. The molecule has 13 heteroatoms. The van der Waals surface area contributed by atoms with Crippen molar-refractivity contribution in [1.82, 2.24) is 21.3 Å². The van der Waals surface area contributed by atoms with Crippen molar-refractivity contribution in [3.05, 3.63) is 144 Å². The van der Waals surface area contributed by atoms with E-state index in [0.29, 0.717) is 0 Å². The summed E-state index contributed by atoms with van der Waals surface area (Å²) in [5.74, 6) is -2.57. The number of alkyl carbamates (subject to hydrolysis) is 1. The normalized spacial score (nSPS) is 13.7. The number of hydrogen-bond acceptors (Lipinski definition) is 10. The van der Waals surface area contributed by atoms with Gasteiger partial charge in [0.1, 0.15) is 24.3 Å². The van der Waals surface area contributed by atoms with Gasteiger partial charge in [0.15, 0.2) is 0 Å². The number of ether oxygens (including phenoxy) is 3. The molecule has 0 aromatic heterocycles. The highest BCUT2D eigenvalue weighted by atomic mass is 16.6. The van der Waals surface area contributed by atoms with Crippen molar-refractivity contribution < 1.29 is 43.3 Å². The molecule has 0 heterocycles. The zero-order valence-electron chi connectivity index (χ0n) is 34.1. The van der Waals surface area contributed by atoms with Crippen LogP contribution in [-0.2, 0) is 59.3 Å². The third-order valence-electron chi connectivity index (χ3n) is 9.24. The smallest absolute Gasteiger partial charge is 0.407 e. The van der Waals surface area contributed by atoms with E-state index in [4.69, 9.17) is 14.2 Å². The minimum Gasteiger partial charge on any atom is -0.467 e. The van der Waals surface area contributed by atoms with Gasteiger partial charge < -0.3 is 40.6 Å². The van der Waals surface area contributed by atoms with Crippen LogP contribution in [0.4, 0.5) is 4.79 Å². The molecule has 0 saturated heterocycles. The molecule has 4 aromatic rings. The van der Waals surface area contributed by atoms with Crippen molar-refractivity contribution in [2.75, 3.05) is 13.7 Å². The van der Waals surface area contributed by atoms with Crippen molar-refractivity contribution >= 4 is 29.8 Å². The van der Waals surface area contributed by atoms with Crippen LogP contribution in [0.3, 0.4) is 0 Å². The van der Waals surface area contributed by atoms with Gasteiger partial charge in [0.05, 0.1) is 25.3 Å². The zero-order chi connectivity index (χ0) is 42.6. The van der Waals surface area contributed by atoms with E-state index in [2.05, 4.69) is 21.3 Å². The fourth-order valence-corrected chi connectivity index (χ4v) is 6.19.